The largest absolute Gasteiger partial charge is 0.450 e. The maximum absolute atomic E-state index is 12.0. The second-order valence-corrected chi connectivity index (χ2v) is 6.93. The number of rotatable bonds is 7. The molecule has 1 N–H and O–H groups in total. The van der Waals surface area contributed by atoms with E-state index in [-0.39, 0.29) is 12.1 Å². The molecule has 2 atom stereocenters. The standard InChI is InChI=1S/C17H31N5O2/c1-2-24-17(23)19-15(13-22-11-7-4-8-12-22)16(20-21-18)14-9-5-3-6-10-14/h14-16H,2-13H2,1H3,(H,19,23)/t15-,16+/m0/s1. The van der Waals surface area contributed by atoms with Gasteiger partial charge in [0.15, 0.2) is 0 Å². The minimum absolute atomic E-state index is 0.179. The quantitative estimate of drug-likeness (QED) is 0.434. The number of likely N-dealkylation sites (tertiary alicyclic amines) is 1. The molecule has 1 saturated heterocycles. The molecule has 1 heterocycles. The van der Waals surface area contributed by atoms with Gasteiger partial charge >= 0.3 is 6.09 Å². The fourth-order valence-corrected chi connectivity index (χ4v) is 4.02. The van der Waals surface area contributed by atoms with E-state index in [4.69, 9.17) is 10.3 Å². The molecule has 24 heavy (non-hydrogen) atoms. The highest BCUT2D eigenvalue weighted by Gasteiger charge is 2.32. The van der Waals surface area contributed by atoms with Crippen LogP contribution in [0, 0.1) is 5.92 Å². The van der Waals surface area contributed by atoms with Crippen LogP contribution in [-0.2, 0) is 4.74 Å². The molecule has 7 nitrogen and oxygen atoms in total. The van der Waals surface area contributed by atoms with Gasteiger partial charge in [0, 0.05) is 11.5 Å². The Labute approximate surface area is 144 Å². The number of ether oxygens (including phenoxy) is 1. The van der Waals surface area contributed by atoms with E-state index in [1.807, 2.05) is 0 Å². The smallest absolute Gasteiger partial charge is 0.407 e. The number of azide groups is 1. The zero-order valence-electron chi connectivity index (χ0n) is 14.8. The fourth-order valence-electron chi connectivity index (χ4n) is 4.02. The van der Waals surface area contributed by atoms with Gasteiger partial charge in [-0.05, 0) is 57.1 Å². The molecule has 0 aromatic heterocycles. The molecule has 7 heteroatoms. The average Bonchev–Trinajstić information content (AvgIpc) is 2.61. The molecule has 0 bridgehead atoms. The summed E-state index contributed by atoms with van der Waals surface area (Å²) in [6, 6.07) is -0.372. The molecule has 0 aromatic carbocycles. The first-order valence-electron chi connectivity index (χ1n) is 9.44. The van der Waals surface area contributed by atoms with E-state index in [1.54, 1.807) is 6.92 Å². The number of alkyl carbamates (subject to hydrolysis) is 1. The Balaban J connectivity index is 2.09. The van der Waals surface area contributed by atoms with Crippen molar-refractivity contribution in [3.63, 3.8) is 0 Å². The summed E-state index contributed by atoms with van der Waals surface area (Å²) in [4.78, 5) is 17.5. The van der Waals surface area contributed by atoms with Crippen molar-refractivity contribution in [1.82, 2.24) is 10.2 Å². The van der Waals surface area contributed by atoms with Crippen molar-refractivity contribution >= 4 is 6.09 Å². The molecule has 1 aliphatic heterocycles. The lowest BCUT2D eigenvalue weighted by Gasteiger charge is -2.37. The summed E-state index contributed by atoms with van der Waals surface area (Å²) >= 11 is 0. The van der Waals surface area contributed by atoms with Gasteiger partial charge in [-0.2, -0.15) is 0 Å². The zero-order valence-corrected chi connectivity index (χ0v) is 14.8. The second kappa shape index (κ2) is 10.4. The first-order valence-corrected chi connectivity index (χ1v) is 9.44. The van der Waals surface area contributed by atoms with E-state index in [1.165, 1.54) is 38.5 Å². The van der Waals surface area contributed by atoms with Gasteiger partial charge in [0.25, 0.3) is 0 Å². The summed E-state index contributed by atoms with van der Waals surface area (Å²) in [5.74, 6) is 0.353. The van der Waals surface area contributed by atoms with Crippen LogP contribution in [0.5, 0.6) is 0 Å². The average molecular weight is 337 g/mol. The third-order valence-corrected chi connectivity index (χ3v) is 5.21. The third kappa shape index (κ3) is 5.87. The van der Waals surface area contributed by atoms with Crippen LogP contribution in [0.1, 0.15) is 58.3 Å². The Hall–Kier alpha value is -1.46. The first-order chi connectivity index (χ1) is 11.7. The van der Waals surface area contributed by atoms with Crippen LogP contribution in [-0.4, -0.2) is 49.3 Å². The molecule has 1 aliphatic carbocycles. The van der Waals surface area contributed by atoms with Crippen molar-refractivity contribution in [3.05, 3.63) is 10.4 Å². The van der Waals surface area contributed by atoms with Crippen LogP contribution >= 0.6 is 0 Å². The van der Waals surface area contributed by atoms with Crippen molar-refractivity contribution in [2.45, 2.75) is 70.4 Å². The lowest BCUT2D eigenvalue weighted by molar-refractivity contribution is 0.129. The van der Waals surface area contributed by atoms with Gasteiger partial charge in [0.05, 0.1) is 18.7 Å². The number of nitrogens with zero attached hydrogens (tertiary/aromatic N) is 4. The van der Waals surface area contributed by atoms with E-state index in [0.717, 1.165) is 32.5 Å². The topological polar surface area (TPSA) is 90.3 Å². The highest BCUT2D eigenvalue weighted by molar-refractivity contribution is 5.67. The Morgan fingerprint density at radius 1 is 1.25 bits per heavy atom. The molecular weight excluding hydrogens is 306 g/mol. The van der Waals surface area contributed by atoms with Gasteiger partial charge in [-0.1, -0.05) is 30.8 Å². The molecule has 136 valence electrons. The lowest BCUT2D eigenvalue weighted by Crippen LogP contribution is -2.53. The maximum Gasteiger partial charge on any atom is 0.407 e. The summed E-state index contributed by atoms with van der Waals surface area (Å²) in [6.45, 7) is 4.98. The molecule has 1 saturated carbocycles. The molecule has 0 aromatic rings. The van der Waals surface area contributed by atoms with E-state index in [9.17, 15) is 4.79 Å². The molecule has 0 unspecified atom stereocenters. The number of carbonyl (C=O) groups is 1. The Bertz CT molecular complexity index is 427. The summed E-state index contributed by atoms with van der Waals surface area (Å²) in [7, 11) is 0. The minimum atomic E-state index is -0.409. The SMILES string of the molecule is CCOC(=O)N[C@@H](CN1CCCCC1)[C@H](N=[N+]=[N-])C1CCCCC1. The van der Waals surface area contributed by atoms with Crippen LogP contribution in [0.15, 0.2) is 5.11 Å². The lowest BCUT2D eigenvalue weighted by atomic mass is 9.81. The van der Waals surface area contributed by atoms with Crippen molar-refractivity contribution in [2.75, 3.05) is 26.2 Å². The minimum Gasteiger partial charge on any atom is -0.450 e. The van der Waals surface area contributed by atoms with Crippen LogP contribution < -0.4 is 5.32 Å². The van der Waals surface area contributed by atoms with E-state index in [0.29, 0.717) is 12.5 Å². The molecular formula is C17H31N5O2. The first kappa shape index (κ1) is 18.9. The van der Waals surface area contributed by atoms with Crippen molar-refractivity contribution < 1.29 is 9.53 Å². The van der Waals surface area contributed by atoms with Gasteiger partial charge in [-0.3, -0.25) is 0 Å². The Morgan fingerprint density at radius 3 is 2.54 bits per heavy atom. The number of hydrogen-bond acceptors (Lipinski definition) is 4. The maximum atomic E-state index is 12.0. The molecule has 0 radical (unpaired) electrons. The van der Waals surface area contributed by atoms with Crippen molar-refractivity contribution in [1.29, 1.82) is 0 Å². The van der Waals surface area contributed by atoms with Gasteiger partial charge in [-0.25, -0.2) is 4.79 Å². The molecule has 0 spiro atoms. The van der Waals surface area contributed by atoms with Gasteiger partial charge in [-0.15, -0.1) is 0 Å². The zero-order chi connectivity index (χ0) is 17.2. The summed E-state index contributed by atoms with van der Waals surface area (Å²) in [6.07, 6.45) is 9.01. The van der Waals surface area contributed by atoms with Gasteiger partial charge in [0.2, 0.25) is 0 Å². The molecule has 2 rings (SSSR count). The highest BCUT2D eigenvalue weighted by atomic mass is 16.5. The number of piperidine rings is 1. The second-order valence-electron chi connectivity index (χ2n) is 6.93. The van der Waals surface area contributed by atoms with E-state index in [2.05, 4.69) is 20.2 Å². The van der Waals surface area contributed by atoms with E-state index < -0.39 is 6.09 Å². The number of amides is 1. The fraction of sp³-hybridized carbons (Fsp3) is 0.941. The van der Waals surface area contributed by atoms with Gasteiger partial charge < -0.3 is 15.0 Å². The number of hydrogen-bond donors (Lipinski definition) is 1. The molecule has 1 amide bonds. The predicted molar refractivity (Wildman–Crippen MR) is 93.7 cm³/mol. The molecule has 2 aliphatic rings. The van der Waals surface area contributed by atoms with Crippen molar-refractivity contribution in [2.24, 2.45) is 11.0 Å². The Morgan fingerprint density at radius 2 is 1.92 bits per heavy atom. The van der Waals surface area contributed by atoms with Crippen LogP contribution in [0.2, 0.25) is 0 Å². The highest BCUT2D eigenvalue weighted by Crippen LogP contribution is 2.30. The van der Waals surface area contributed by atoms with E-state index >= 15 is 0 Å². The summed E-state index contributed by atoms with van der Waals surface area (Å²) in [5.41, 5.74) is 9.06. The summed E-state index contributed by atoms with van der Waals surface area (Å²) in [5, 5.41) is 7.09. The van der Waals surface area contributed by atoms with Gasteiger partial charge in [0.1, 0.15) is 0 Å². The Kier molecular flexibility index (Phi) is 8.19. The monoisotopic (exact) mass is 337 g/mol. The van der Waals surface area contributed by atoms with Crippen LogP contribution in [0.3, 0.4) is 0 Å². The molecule has 2 fully saturated rings. The number of carbonyl (C=O) groups excluding carboxylic acids is 1. The normalized spacial score (nSPS) is 22.2. The third-order valence-electron chi connectivity index (χ3n) is 5.21. The van der Waals surface area contributed by atoms with Crippen LogP contribution in [0.25, 0.3) is 10.4 Å². The van der Waals surface area contributed by atoms with Crippen molar-refractivity contribution in [3.8, 4) is 0 Å². The number of nitrogens with one attached hydrogen (secondary N) is 1. The predicted octanol–water partition coefficient (Wildman–Crippen LogP) is 3.85. The summed E-state index contributed by atoms with van der Waals surface area (Å²) < 4.78 is 5.07. The van der Waals surface area contributed by atoms with Crippen LogP contribution in [0.4, 0.5) is 4.79 Å².